The van der Waals surface area contributed by atoms with Crippen LogP contribution in [0.1, 0.15) is 6.42 Å². The molecule has 0 radical (unpaired) electrons. The van der Waals surface area contributed by atoms with E-state index in [0.717, 1.165) is 19.1 Å². The summed E-state index contributed by atoms with van der Waals surface area (Å²) in [4.78, 5) is 0. The first kappa shape index (κ1) is 12.1. The molecule has 1 aliphatic heterocycles. The summed E-state index contributed by atoms with van der Waals surface area (Å²) in [5, 5.41) is 0. The molecule has 1 rings (SSSR count). The molecule has 0 spiro atoms. The highest BCUT2D eigenvalue weighted by Crippen LogP contribution is 2.16. The lowest BCUT2D eigenvalue weighted by molar-refractivity contribution is 0.0468. The van der Waals surface area contributed by atoms with Gasteiger partial charge in [0.15, 0.2) is 6.29 Å². The molecule has 0 aliphatic carbocycles. The normalized spacial score (nSPS) is 21.2. The molecule has 1 atom stereocenters. The minimum atomic E-state index is -2.39. The predicted molar refractivity (Wildman–Crippen MR) is 51.9 cm³/mol. The van der Waals surface area contributed by atoms with Crippen molar-refractivity contribution in [2.45, 2.75) is 18.8 Å². The van der Waals surface area contributed by atoms with Gasteiger partial charge in [0.25, 0.3) is 0 Å². The Morgan fingerprint density at radius 2 is 1.79 bits per heavy atom. The van der Waals surface area contributed by atoms with Gasteiger partial charge >= 0.3 is 8.80 Å². The van der Waals surface area contributed by atoms with E-state index in [2.05, 4.69) is 0 Å². The Hall–Kier alpha value is 0.0169. The lowest BCUT2D eigenvalue weighted by Gasteiger charge is -2.23. The average Bonchev–Trinajstić information content (AvgIpc) is 3.03. The van der Waals surface area contributed by atoms with Gasteiger partial charge in [0.05, 0.1) is 0 Å². The molecule has 0 bridgehead atoms. The topological polar surface area (TPSA) is 49.5 Å². The van der Waals surface area contributed by atoms with Crippen LogP contribution in [0.25, 0.3) is 0 Å². The van der Waals surface area contributed by atoms with Crippen molar-refractivity contribution in [3.63, 3.8) is 0 Å². The molecule has 1 unspecified atom stereocenters. The van der Waals surface area contributed by atoms with Crippen LogP contribution in [-0.4, -0.2) is 49.6 Å². The molecule has 0 aromatic heterocycles. The summed E-state index contributed by atoms with van der Waals surface area (Å²) in [6.45, 7) is 1.39. The van der Waals surface area contributed by atoms with Gasteiger partial charge in [-0.1, -0.05) is 0 Å². The van der Waals surface area contributed by atoms with E-state index >= 15 is 0 Å². The first-order valence-electron chi connectivity index (χ1n) is 4.65. The molecule has 1 fully saturated rings. The molecule has 0 saturated carbocycles. The van der Waals surface area contributed by atoms with Crippen LogP contribution in [0.3, 0.4) is 0 Å². The summed E-state index contributed by atoms with van der Waals surface area (Å²) >= 11 is 0. The third-order valence-corrected chi connectivity index (χ3v) is 5.00. The SMILES string of the molecule is CO[Si](CCCOC1CO1)(OC)OC. The second-order valence-electron chi connectivity index (χ2n) is 3.03. The molecular formula is C8H18O5Si. The van der Waals surface area contributed by atoms with Gasteiger partial charge in [-0.3, -0.25) is 0 Å². The van der Waals surface area contributed by atoms with E-state index in [4.69, 9.17) is 22.8 Å². The summed E-state index contributed by atoms with van der Waals surface area (Å²) < 4.78 is 26.0. The minimum Gasteiger partial charge on any atom is -0.377 e. The Balaban J connectivity index is 2.11. The number of epoxide rings is 1. The van der Waals surface area contributed by atoms with Crippen LogP contribution < -0.4 is 0 Å². The summed E-state index contributed by atoms with van der Waals surface area (Å²) in [5.74, 6) is 0. The fourth-order valence-corrected chi connectivity index (χ4v) is 2.88. The zero-order chi connectivity index (χ0) is 10.4. The van der Waals surface area contributed by atoms with Crippen molar-refractivity contribution in [3.05, 3.63) is 0 Å². The highest BCUT2D eigenvalue weighted by Gasteiger charge is 2.37. The van der Waals surface area contributed by atoms with Crippen molar-refractivity contribution < 1.29 is 22.8 Å². The largest absolute Gasteiger partial charge is 0.500 e. The Morgan fingerprint density at radius 3 is 2.21 bits per heavy atom. The van der Waals surface area contributed by atoms with Crippen LogP contribution in [-0.2, 0) is 22.8 Å². The molecule has 0 N–H and O–H groups in total. The highest BCUT2D eigenvalue weighted by atomic mass is 28.4. The van der Waals surface area contributed by atoms with Crippen LogP contribution in [0.15, 0.2) is 0 Å². The molecule has 5 nitrogen and oxygen atoms in total. The first-order chi connectivity index (χ1) is 6.76. The second kappa shape index (κ2) is 5.79. The Morgan fingerprint density at radius 1 is 1.21 bits per heavy atom. The van der Waals surface area contributed by atoms with Crippen LogP contribution in [0.4, 0.5) is 0 Å². The maximum absolute atomic E-state index is 5.32. The first-order valence-corrected chi connectivity index (χ1v) is 6.58. The van der Waals surface area contributed by atoms with Gasteiger partial charge in [-0.15, -0.1) is 0 Å². The molecule has 0 aromatic carbocycles. The molecule has 0 aromatic rings. The minimum absolute atomic E-state index is 0.0266. The summed E-state index contributed by atoms with van der Waals surface area (Å²) in [6, 6.07) is 0.767. The monoisotopic (exact) mass is 222 g/mol. The van der Waals surface area contributed by atoms with Gasteiger partial charge in [0, 0.05) is 34.0 Å². The third-order valence-electron chi connectivity index (χ3n) is 2.17. The molecule has 1 aliphatic rings. The van der Waals surface area contributed by atoms with Crippen molar-refractivity contribution in [3.8, 4) is 0 Å². The second-order valence-corrected chi connectivity index (χ2v) is 6.12. The number of rotatable bonds is 8. The predicted octanol–water partition coefficient (Wildman–Crippen LogP) is 0.627. The van der Waals surface area contributed by atoms with Crippen molar-refractivity contribution in [2.24, 2.45) is 0 Å². The number of hydrogen-bond acceptors (Lipinski definition) is 5. The van der Waals surface area contributed by atoms with E-state index in [1.807, 2.05) is 0 Å². The van der Waals surface area contributed by atoms with Crippen molar-refractivity contribution in [2.75, 3.05) is 34.5 Å². The average molecular weight is 222 g/mol. The zero-order valence-electron chi connectivity index (χ0n) is 8.95. The van der Waals surface area contributed by atoms with Crippen LogP contribution in [0.2, 0.25) is 6.04 Å². The molecular weight excluding hydrogens is 204 g/mol. The van der Waals surface area contributed by atoms with Gasteiger partial charge < -0.3 is 22.8 Å². The Bertz CT molecular complexity index is 150. The Labute approximate surface area is 85.6 Å². The van der Waals surface area contributed by atoms with Crippen LogP contribution >= 0.6 is 0 Å². The van der Waals surface area contributed by atoms with Crippen molar-refractivity contribution >= 4 is 8.80 Å². The van der Waals surface area contributed by atoms with Crippen molar-refractivity contribution in [1.82, 2.24) is 0 Å². The molecule has 14 heavy (non-hydrogen) atoms. The smallest absolute Gasteiger partial charge is 0.377 e. The number of hydrogen-bond donors (Lipinski definition) is 0. The molecule has 1 saturated heterocycles. The fraction of sp³-hybridized carbons (Fsp3) is 1.00. The molecule has 6 heteroatoms. The van der Waals surface area contributed by atoms with E-state index in [9.17, 15) is 0 Å². The number of ether oxygens (including phenoxy) is 2. The van der Waals surface area contributed by atoms with Gasteiger partial charge in [-0.2, -0.15) is 0 Å². The molecule has 84 valence electrons. The van der Waals surface area contributed by atoms with Gasteiger partial charge in [0.1, 0.15) is 6.61 Å². The maximum atomic E-state index is 5.32. The zero-order valence-corrected chi connectivity index (χ0v) is 9.95. The Kier molecular flexibility index (Phi) is 5.00. The fourth-order valence-electron chi connectivity index (χ4n) is 1.20. The van der Waals surface area contributed by atoms with Crippen molar-refractivity contribution in [1.29, 1.82) is 0 Å². The van der Waals surface area contributed by atoms with Crippen LogP contribution in [0.5, 0.6) is 0 Å². The summed E-state index contributed by atoms with van der Waals surface area (Å²) in [7, 11) is 2.46. The summed E-state index contributed by atoms with van der Waals surface area (Å²) in [5.41, 5.74) is 0. The van der Waals surface area contributed by atoms with E-state index < -0.39 is 8.80 Å². The molecule has 0 amide bonds. The van der Waals surface area contributed by atoms with E-state index in [1.54, 1.807) is 21.3 Å². The van der Waals surface area contributed by atoms with Gasteiger partial charge in [0.2, 0.25) is 0 Å². The van der Waals surface area contributed by atoms with E-state index in [-0.39, 0.29) is 6.29 Å². The quantitative estimate of drug-likeness (QED) is 0.342. The van der Waals surface area contributed by atoms with E-state index in [1.165, 1.54) is 0 Å². The van der Waals surface area contributed by atoms with Crippen LogP contribution in [0, 0.1) is 0 Å². The lowest BCUT2D eigenvalue weighted by atomic mass is 10.5. The van der Waals surface area contributed by atoms with Gasteiger partial charge in [-0.05, 0) is 6.42 Å². The molecule has 1 heterocycles. The standard InChI is InChI=1S/C8H18O5Si/c1-9-14(10-2,11-3)6-4-5-12-8-7-13-8/h8H,4-7H2,1-3H3. The van der Waals surface area contributed by atoms with E-state index in [0.29, 0.717) is 6.61 Å². The van der Waals surface area contributed by atoms with Gasteiger partial charge in [-0.25, -0.2) is 0 Å². The lowest BCUT2D eigenvalue weighted by Crippen LogP contribution is -2.42. The maximum Gasteiger partial charge on any atom is 0.500 e. The third kappa shape index (κ3) is 3.64. The summed E-state index contributed by atoms with van der Waals surface area (Å²) in [6.07, 6.45) is 0.889. The highest BCUT2D eigenvalue weighted by molar-refractivity contribution is 6.60.